The Kier molecular flexibility index (Phi) is 3.70. The molecule has 0 radical (unpaired) electrons. The molecule has 0 aliphatic heterocycles. The number of hydrogen-bond donors (Lipinski definition) is 0. The lowest BCUT2D eigenvalue weighted by atomic mass is 10.2. The van der Waals surface area contributed by atoms with Crippen molar-refractivity contribution in [1.29, 1.82) is 0 Å². The van der Waals surface area contributed by atoms with Crippen molar-refractivity contribution in [3.8, 4) is 5.88 Å². The Balaban J connectivity index is 2.93. The summed E-state index contributed by atoms with van der Waals surface area (Å²) in [5.74, 6) is -5.35. The van der Waals surface area contributed by atoms with Crippen LogP contribution in [0.4, 0.5) is 8.78 Å². The monoisotopic (exact) mass is 232 g/mol. The standard InChI is InChI=1S/C9H10F2N2O3/c1-3-16-8(14)9(10,11)6-4-13-7(15-2)5-12-6/h4-5H,3H2,1-2H3. The molecule has 0 spiro atoms. The van der Waals surface area contributed by atoms with Crippen LogP contribution >= 0.6 is 0 Å². The second-order valence-electron chi connectivity index (χ2n) is 2.74. The zero-order chi connectivity index (χ0) is 12.2. The first-order valence-electron chi connectivity index (χ1n) is 4.44. The van der Waals surface area contributed by atoms with Crippen LogP contribution in [0.25, 0.3) is 0 Å². The molecule has 7 heteroatoms. The molecular weight excluding hydrogens is 222 g/mol. The summed E-state index contributed by atoms with van der Waals surface area (Å²) in [6, 6.07) is 0. The lowest BCUT2D eigenvalue weighted by molar-refractivity contribution is -0.173. The van der Waals surface area contributed by atoms with Crippen molar-refractivity contribution >= 4 is 5.97 Å². The van der Waals surface area contributed by atoms with Gasteiger partial charge in [-0.05, 0) is 6.92 Å². The van der Waals surface area contributed by atoms with Crippen LogP contribution in [0.5, 0.6) is 5.88 Å². The van der Waals surface area contributed by atoms with Gasteiger partial charge < -0.3 is 9.47 Å². The molecule has 1 aromatic rings. The van der Waals surface area contributed by atoms with Gasteiger partial charge in [0.25, 0.3) is 0 Å². The number of ether oxygens (including phenoxy) is 2. The summed E-state index contributed by atoms with van der Waals surface area (Å²) in [4.78, 5) is 17.9. The SMILES string of the molecule is CCOC(=O)C(F)(F)c1cnc(OC)cn1. The lowest BCUT2D eigenvalue weighted by Gasteiger charge is -2.13. The van der Waals surface area contributed by atoms with Gasteiger partial charge in [0.2, 0.25) is 5.88 Å². The highest BCUT2D eigenvalue weighted by Gasteiger charge is 2.44. The third kappa shape index (κ3) is 2.41. The normalized spacial score (nSPS) is 11.0. The molecule has 1 rings (SSSR count). The second kappa shape index (κ2) is 4.82. The van der Waals surface area contributed by atoms with Gasteiger partial charge >= 0.3 is 11.9 Å². The molecule has 1 heterocycles. The summed E-state index contributed by atoms with van der Waals surface area (Å²) >= 11 is 0. The summed E-state index contributed by atoms with van der Waals surface area (Å²) < 4.78 is 35.6. The highest BCUT2D eigenvalue weighted by molar-refractivity contribution is 5.78. The van der Waals surface area contributed by atoms with E-state index in [1.807, 2.05) is 0 Å². The van der Waals surface area contributed by atoms with Gasteiger partial charge in [0.05, 0.1) is 26.1 Å². The van der Waals surface area contributed by atoms with Gasteiger partial charge in [0.1, 0.15) is 5.69 Å². The Morgan fingerprint density at radius 3 is 2.56 bits per heavy atom. The van der Waals surface area contributed by atoms with E-state index in [1.165, 1.54) is 14.0 Å². The Hall–Kier alpha value is -1.79. The molecule has 0 aliphatic carbocycles. The van der Waals surface area contributed by atoms with E-state index in [-0.39, 0.29) is 12.5 Å². The fourth-order valence-corrected chi connectivity index (χ4v) is 0.910. The van der Waals surface area contributed by atoms with Gasteiger partial charge in [0.15, 0.2) is 0 Å². The summed E-state index contributed by atoms with van der Waals surface area (Å²) in [6.45, 7) is 1.31. The van der Waals surface area contributed by atoms with Gasteiger partial charge in [-0.1, -0.05) is 0 Å². The summed E-state index contributed by atoms with van der Waals surface area (Å²) in [6.07, 6.45) is 1.78. The van der Waals surface area contributed by atoms with E-state index in [4.69, 9.17) is 0 Å². The van der Waals surface area contributed by atoms with Crippen molar-refractivity contribution in [2.24, 2.45) is 0 Å². The highest BCUT2D eigenvalue weighted by Crippen LogP contribution is 2.27. The Morgan fingerprint density at radius 1 is 1.44 bits per heavy atom. The predicted octanol–water partition coefficient (Wildman–Crippen LogP) is 1.14. The Morgan fingerprint density at radius 2 is 2.12 bits per heavy atom. The van der Waals surface area contributed by atoms with E-state index in [0.29, 0.717) is 0 Å². The van der Waals surface area contributed by atoms with Crippen molar-refractivity contribution < 1.29 is 23.0 Å². The molecule has 16 heavy (non-hydrogen) atoms. The number of hydrogen-bond acceptors (Lipinski definition) is 5. The molecule has 0 aromatic carbocycles. The average Bonchev–Trinajstić information content (AvgIpc) is 2.29. The van der Waals surface area contributed by atoms with E-state index in [0.717, 1.165) is 12.4 Å². The van der Waals surface area contributed by atoms with E-state index in [2.05, 4.69) is 19.4 Å². The van der Waals surface area contributed by atoms with Crippen LogP contribution < -0.4 is 4.74 Å². The first-order valence-corrected chi connectivity index (χ1v) is 4.44. The van der Waals surface area contributed by atoms with E-state index >= 15 is 0 Å². The third-order valence-electron chi connectivity index (χ3n) is 1.69. The number of esters is 1. The maximum Gasteiger partial charge on any atom is 0.385 e. The summed E-state index contributed by atoms with van der Waals surface area (Å²) in [5, 5.41) is 0. The van der Waals surface area contributed by atoms with Crippen LogP contribution in [-0.2, 0) is 15.5 Å². The maximum atomic E-state index is 13.4. The van der Waals surface area contributed by atoms with Gasteiger partial charge in [-0.2, -0.15) is 8.78 Å². The zero-order valence-electron chi connectivity index (χ0n) is 8.74. The van der Waals surface area contributed by atoms with E-state index in [1.54, 1.807) is 0 Å². The second-order valence-corrected chi connectivity index (χ2v) is 2.74. The van der Waals surface area contributed by atoms with Crippen molar-refractivity contribution in [2.45, 2.75) is 12.8 Å². The number of methoxy groups -OCH3 is 1. The third-order valence-corrected chi connectivity index (χ3v) is 1.69. The van der Waals surface area contributed by atoms with Crippen LogP contribution in [0.2, 0.25) is 0 Å². The molecule has 5 nitrogen and oxygen atoms in total. The Bertz CT molecular complexity index is 368. The number of carbonyl (C=O) groups excluding carboxylic acids is 1. The van der Waals surface area contributed by atoms with Crippen LogP contribution in [-0.4, -0.2) is 29.7 Å². The minimum Gasteiger partial charge on any atom is -0.480 e. The van der Waals surface area contributed by atoms with Gasteiger partial charge in [-0.25, -0.2) is 14.8 Å². The minimum absolute atomic E-state index is 0.0865. The van der Waals surface area contributed by atoms with Crippen LogP contribution in [0.1, 0.15) is 12.6 Å². The molecule has 1 aromatic heterocycles. The van der Waals surface area contributed by atoms with Crippen LogP contribution in [0.3, 0.4) is 0 Å². The van der Waals surface area contributed by atoms with Crippen molar-refractivity contribution in [1.82, 2.24) is 9.97 Å². The molecule has 0 atom stereocenters. The van der Waals surface area contributed by atoms with Gasteiger partial charge in [-0.3, -0.25) is 0 Å². The molecule has 0 bridgehead atoms. The Labute approximate surface area is 90.4 Å². The maximum absolute atomic E-state index is 13.4. The molecule has 0 aliphatic rings. The van der Waals surface area contributed by atoms with E-state index in [9.17, 15) is 13.6 Å². The first-order chi connectivity index (χ1) is 7.52. The smallest absolute Gasteiger partial charge is 0.385 e. The van der Waals surface area contributed by atoms with E-state index < -0.39 is 17.6 Å². The molecule has 0 unspecified atom stereocenters. The molecule has 0 amide bonds. The fraction of sp³-hybridized carbons (Fsp3) is 0.444. The van der Waals surface area contributed by atoms with Crippen LogP contribution in [0.15, 0.2) is 12.4 Å². The molecule has 0 saturated carbocycles. The fourth-order valence-electron chi connectivity index (χ4n) is 0.910. The largest absolute Gasteiger partial charge is 0.480 e. The summed E-state index contributed by atoms with van der Waals surface area (Å²) in [7, 11) is 1.33. The number of alkyl halides is 2. The first kappa shape index (κ1) is 12.3. The predicted molar refractivity (Wildman–Crippen MR) is 49.1 cm³/mol. The minimum atomic E-state index is -3.80. The molecule has 0 saturated heterocycles. The number of halogens is 2. The molecule has 88 valence electrons. The van der Waals surface area contributed by atoms with Crippen molar-refractivity contribution in [3.05, 3.63) is 18.1 Å². The average molecular weight is 232 g/mol. The lowest BCUT2D eigenvalue weighted by Crippen LogP contribution is -2.29. The number of nitrogens with zero attached hydrogens (tertiary/aromatic N) is 2. The molecule has 0 fully saturated rings. The number of aromatic nitrogens is 2. The highest BCUT2D eigenvalue weighted by atomic mass is 19.3. The topological polar surface area (TPSA) is 61.3 Å². The molecular formula is C9H10F2N2O3. The molecule has 0 N–H and O–H groups in total. The zero-order valence-corrected chi connectivity index (χ0v) is 8.74. The summed E-state index contributed by atoms with van der Waals surface area (Å²) in [5.41, 5.74) is -0.772. The van der Waals surface area contributed by atoms with Crippen molar-refractivity contribution in [2.75, 3.05) is 13.7 Å². The van der Waals surface area contributed by atoms with Crippen molar-refractivity contribution in [3.63, 3.8) is 0 Å². The number of carbonyl (C=O) groups is 1. The van der Waals surface area contributed by atoms with Gasteiger partial charge in [-0.15, -0.1) is 0 Å². The quantitative estimate of drug-likeness (QED) is 0.728. The number of rotatable bonds is 4. The van der Waals surface area contributed by atoms with Crippen LogP contribution in [0, 0.1) is 0 Å². The van der Waals surface area contributed by atoms with Gasteiger partial charge in [0, 0.05) is 0 Å².